The van der Waals surface area contributed by atoms with Gasteiger partial charge in [0.1, 0.15) is 6.54 Å². The summed E-state index contributed by atoms with van der Waals surface area (Å²) in [5.41, 5.74) is 0.935. The molecule has 0 aromatic heterocycles. The lowest BCUT2D eigenvalue weighted by Crippen LogP contribution is -2.38. The Kier molecular flexibility index (Phi) is 8.05. The Bertz CT molecular complexity index is 681. The lowest BCUT2D eigenvalue weighted by molar-refractivity contribution is -0.148. The number of benzene rings is 1. The van der Waals surface area contributed by atoms with Gasteiger partial charge in [-0.1, -0.05) is 31.5 Å². The fourth-order valence-corrected chi connectivity index (χ4v) is 3.23. The molecule has 1 amide bonds. The van der Waals surface area contributed by atoms with Crippen molar-refractivity contribution in [3.63, 3.8) is 0 Å². The smallest absolute Gasteiger partial charge is 0.321 e. The summed E-state index contributed by atoms with van der Waals surface area (Å²) in [6, 6.07) is 6.36. The number of carbonyl (C=O) groups excluding carboxylic acids is 2. The van der Waals surface area contributed by atoms with Crippen molar-refractivity contribution in [1.82, 2.24) is 9.62 Å². The number of hydrogen-bond donors (Lipinski definition) is 1. The zero-order chi connectivity index (χ0) is 19.0. The summed E-state index contributed by atoms with van der Waals surface area (Å²) in [7, 11) is -2.49. The van der Waals surface area contributed by atoms with E-state index in [0.29, 0.717) is 0 Å². The molecule has 25 heavy (non-hydrogen) atoms. The molecule has 0 unspecified atom stereocenters. The van der Waals surface area contributed by atoms with E-state index in [1.54, 1.807) is 12.1 Å². The van der Waals surface area contributed by atoms with Crippen molar-refractivity contribution in [2.45, 2.75) is 44.6 Å². The highest BCUT2D eigenvalue weighted by Gasteiger charge is 2.23. The Morgan fingerprint density at radius 1 is 1.16 bits per heavy atom. The first-order chi connectivity index (χ1) is 11.7. The third kappa shape index (κ3) is 6.47. The minimum Gasteiger partial charge on any atom is -0.455 e. The second-order valence-electron chi connectivity index (χ2n) is 5.82. The predicted octanol–water partition coefficient (Wildman–Crippen LogP) is 1.46. The molecule has 1 aromatic rings. The Labute approximate surface area is 149 Å². The largest absolute Gasteiger partial charge is 0.455 e. The van der Waals surface area contributed by atoms with E-state index in [1.807, 2.05) is 20.8 Å². The van der Waals surface area contributed by atoms with Crippen LogP contribution in [0.2, 0.25) is 0 Å². The zero-order valence-electron chi connectivity index (χ0n) is 15.1. The molecule has 0 radical (unpaired) electrons. The number of ether oxygens (including phenoxy) is 1. The van der Waals surface area contributed by atoms with E-state index in [-0.39, 0.29) is 10.9 Å². The van der Waals surface area contributed by atoms with Crippen molar-refractivity contribution < 1.29 is 22.7 Å². The maximum absolute atomic E-state index is 12.4. The first kappa shape index (κ1) is 21.1. The maximum Gasteiger partial charge on any atom is 0.321 e. The number of carbonyl (C=O) groups is 2. The van der Waals surface area contributed by atoms with Crippen LogP contribution in [0.25, 0.3) is 0 Å². The van der Waals surface area contributed by atoms with E-state index in [0.717, 1.165) is 22.7 Å². The van der Waals surface area contributed by atoms with E-state index in [4.69, 9.17) is 4.74 Å². The van der Waals surface area contributed by atoms with Gasteiger partial charge in [-0.25, -0.2) is 8.42 Å². The van der Waals surface area contributed by atoms with E-state index in [2.05, 4.69) is 5.32 Å². The summed E-state index contributed by atoms with van der Waals surface area (Å²) in [6.07, 6.45) is 1.57. The van der Waals surface area contributed by atoms with Crippen LogP contribution in [0, 0.1) is 6.92 Å². The molecule has 0 aliphatic rings. The Morgan fingerprint density at radius 2 is 1.72 bits per heavy atom. The minimum absolute atomic E-state index is 0.0378. The van der Waals surface area contributed by atoms with Crippen LogP contribution < -0.4 is 5.32 Å². The number of esters is 1. The summed E-state index contributed by atoms with van der Waals surface area (Å²) in [4.78, 5) is 23.6. The molecule has 8 heteroatoms. The van der Waals surface area contributed by atoms with E-state index >= 15 is 0 Å². The second-order valence-corrected chi connectivity index (χ2v) is 7.86. The number of hydrogen-bond acceptors (Lipinski definition) is 5. The molecule has 0 aliphatic carbocycles. The third-order valence-electron chi connectivity index (χ3n) is 3.80. The average molecular weight is 370 g/mol. The van der Waals surface area contributed by atoms with Crippen LogP contribution in [0.15, 0.2) is 29.2 Å². The highest BCUT2D eigenvalue weighted by molar-refractivity contribution is 7.89. The van der Waals surface area contributed by atoms with Gasteiger partial charge in [-0.05, 0) is 31.9 Å². The molecule has 0 heterocycles. The predicted molar refractivity (Wildman–Crippen MR) is 94.5 cm³/mol. The summed E-state index contributed by atoms with van der Waals surface area (Å²) < 4.78 is 30.5. The minimum atomic E-state index is -3.78. The van der Waals surface area contributed by atoms with Crippen molar-refractivity contribution >= 4 is 21.9 Å². The van der Waals surface area contributed by atoms with E-state index in [9.17, 15) is 18.0 Å². The molecule has 1 rings (SSSR count). The molecule has 0 spiro atoms. The number of likely N-dealkylation sites (N-methyl/N-ethyl adjacent to an activating group) is 1. The summed E-state index contributed by atoms with van der Waals surface area (Å²) >= 11 is 0. The standard InChI is InChI=1S/C17H26N2O5S/c1-5-14(6-2)18-16(20)12-24-17(21)11-19(4)25(22,23)15-9-7-13(3)8-10-15/h7-10,14H,5-6,11-12H2,1-4H3,(H,18,20). The number of rotatable bonds is 9. The van der Waals surface area contributed by atoms with Crippen molar-refractivity contribution in [3.8, 4) is 0 Å². The Morgan fingerprint density at radius 3 is 2.24 bits per heavy atom. The topological polar surface area (TPSA) is 92.8 Å². The highest BCUT2D eigenvalue weighted by atomic mass is 32.2. The van der Waals surface area contributed by atoms with E-state index < -0.39 is 35.1 Å². The van der Waals surface area contributed by atoms with Crippen LogP contribution in [-0.4, -0.2) is 50.8 Å². The van der Waals surface area contributed by atoms with Gasteiger partial charge in [-0.2, -0.15) is 4.31 Å². The Hall–Kier alpha value is -1.93. The average Bonchev–Trinajstić information content (AvgIpc) is 2.58. The maximum atomic E-state index is 12.4. The van der Waals surface area contributed by atoms with Crippen molar-refractivity contribution in [1.29, 1.82) is 0 Å². The monoisotopic (exact) mass is 370 g/mol. The van der Waals surface area contributed by atoms with Crippen LogP contribution in [0.5, 0.6) is 0 Å². The Balaban J connectivity index is 2.56. The lowest BCUT2D eigenvalue weighted by atomic mass is 10.2. The van der Waals surface area contributed by atoms with Crippen molar-refractivity contribution in [3.05, 3.63) is 29.8 Å². The van der Waals surface area contributed by atoms with Gasteiger partial charge in [0.25, 0.3) is 5.91 Å². The van der Waals surface area contributed by atoms with Crippen molar-refractivity contribution in [2.75, 3.05) is 20.2 Å². The molecule has 1 N–H and O–H groups in total. The molecular weight excluding hydrogens is 344 g/mol. The molecule has 0 saturated carbocycles. The molecule has 0 fully saturated rings. The van der Waals surface area contributed by atoms with Crippen LogP contribution in [0.4, 0.5) is 0 Å². The van der Waals surface area contributed by atoms with Gasteiger partial charge >= 0.3 is 5.97 Å². The fourth-order valence-electron chi connectivity index (χ4n) is 2.11. The molecule has 7 nitrogen and oxygen atoms in total. The van der Waals surface area contributed by atoms with E-state index in [1.165, 1.54) is 19.2 Å². The fraction of sp³-hybridized carbons (Fsp3) is 0.529. The number of sulfonamides is 1. The summed E-state index contributed by atoms with van der Waals surface area (Å²) in [5, 5.41) is 2.74. The van der Waals surface area contributed by atoms with Crippen LogP contribution >= 0.6 is 0 Å². The first-order valence-electron chi connectivity index (χ1n) is 8.18. The molecule has 0 aliphatic heterocycles. The first-order valence-corrected chi connectivity index (χ1v) is 9.62. The van der Waals surface area contributed by atoms with Gasteiger partial charge in [0.15, 0.2) is 6.61 Å². The van der Waals surface area contributed by atoms with Crippen molar-refractivity contribution in [2.24, 2.45) is 0 Å². The van der Waals surface area contributed by atoms with Gasteiger partial charge in [-0.15, -0.1) is 0 Å². The van der Waals surface area contributed by atoms with Gasteiger partial charge in [0, 0.05) is 13.1 Å². The van der Waals surface area contributed by atoms with Crippen LogP contribution in [0.1, 0.15) is 32.3 Å². The number of amides is 1. The number of nitrogens with zero attached hydrogens (tertiary/aromatic N) is 1. The van der Waals surface area contributed by atoms with Gasteiger partial charge < -0.3 is 10.1 Å². The van der Waals surface area contributed by atoms with Gasteiger partial charge in [0.2, 0.25) is 10.0 Å². The molecule has 0 bridgehead atoms. The summed E-state index contributed by atoms with van der Waals surface area (Å²) in [6.45, 7) is 4.86. The summed E-state index contributed by atoms with van der Waals surface area (Å²) in [5.74, 6) is -1.18. The number of nitrogens with one attached hydrogen (secondary N) is 1. The molecule has 140 valence electrons. The SMILES string of the molecule is CCC(CC)NC(=O)COC(=O)CN(C)S(=O)(=O)c1ccc(C)cc1. The molecule has 0 atom stereocenters. The third-order valence-corrected chi connectivity index (χ3v) is 5.61. The normalized spacial score (nSPS) is 11.6. The number of aryl methyl sites for hydroxylation is 1. The molecular formula is C17H26N2O5S. The molecule has 0 saturated heterocycles. The lowest BCUT2D eigenvalue weighted by Gasteiger charge is -2.17. The highest BCUT2D eigenvalue weighted by Crippen LogP contribution is 2.14. The van der Waals surface area contributed by atoms with Gasteiger partial charge in [-0.3, -0.25) is 9.59 Å². The van der Waals surface area contributed by atoms with Crippen LogP contribution in [0.3, 0.4) is 0 Å². The quantitative estimate of drug-likeness (QED) is 0.665. The zero-order valence-corrected chi connectivity index (χ0v) is 15.9. The van der Waals surface area contributed by atoms with Gasteiger partial charge in [0.05, 0.1) is 4.90 Å². The van der Waals surface area contributed by atoms with Crippen LogP contribution in [-0.2, 0) is 24.3 Å². The second kappa shape index (κ2) is 9.53. The molecule has 1 aromatic carbocycles.